The maximum absolute atomic E-state index is 13.1. The van der Waals surface area contributed by atoms with Crippen LogP contribution in [0, 0.1) is 4.84 Å². The lowest BCUT2D eigenvalue weighted by Crippen LogP contribution is -2.45. The van der Waals surface area contributed by atoms with Crippen LogP contribution in [0.4, 0.5) is 0 Å². The van der Waals surface area contributed by atoms with Crippen molar-refractivity contribution in [1.82, 2.24) is 19.9 Å². The number of nitrogens with one attached hydrogen (secondary N) is 1. The van der Waals surface area contributed by atoms with Gasteiger partial charge in [0.25, 0.3) is 11.8 Å². The molecule has 2 aromatic rings. The number of aromatic amines is 1. The van der Waals surface area contributed by atoms with Crippen LogP contribution in [0.1, 0.15) is 67.2 Å². The van der Waals surface area contributed by atoms with E-state index in [1.807, 2.05) is 0 Å². The molecule has 4 rings (SSSR count). The molecule has 1 aromatic heterocycles. The van der Waals surface area contributed by atoms with Crippen molar-refractivity contribution in [3.8, 4) is 22.9 Å². The highest BCUT2D eigenvalue weighted by Gasteiger charge is 2.38. The molecule has 2 amide bonds. The molecule has 0 spiro atoms. The number of carbonyl (C=O) groups is 4. The topological polar surface area (TPSA) is 154 Å². The van der Waals surface area contributed by atoms with Crippen LogP contribution < -0.4 is 9.47 Å². The first-order valence-electron chi connectivity index (χ1n) is 14.6. The van der Waals surface area contributed by atoms with Gasteiger partial charge in [0, 0.05) is 24.7 Å². The molecule has 1 aromatic carbocycles. The van der Waals surface area contributed by atoms with Crippen molar-refractivity contribution in [3.63, 3.8) is 0 Å². The SMILES string of the molecule is CC(C)(C)OC(=O)C1CCCN1C(=O)COc1cc(OCC(=O)N2CCCC2C(=O)OC(C)(C)C)cc(-c2nc(=S)o[nH]2)c1. The lowest BCUT2D eigenvalue weighted by molar-refractivity contribution is -0.164. The fraction of sp³-hybridized carbons (Fsp3) is 0.600. The molecule has 0 radical (unpaired) electrons. The number of benzene rings is 1. The molecule has 14 heteroatoms. The molecule has 44 heavy (non-hydrogen) atoms. The van der Waals surface area contributed by atoms with Gasteiger partial charge in [-0.2, -0.15) is 4.98 Å². The molecule has 0 aliphatic carbocycles. The van der Waals surface area contributed by atoms with E-state index in [1.54, 1.807) is 53.7 Å². The van der Waals surface area contributed by atoms with Crippen molar-refractivity contribution in [2.24, 2.45) is 0 Å². The minimum Gasteiger partial charge on any atom is -0.484 e. The largest absolute Gasteiger partial charge is 0.484 e. The zero-order chi connectivity index (χ0) is 32.2. The van der Waals surface area contributed by atoms with Gasteiger partial charge in [-0.3, -0.25) is 9.59 Å². The molecule has 2 aliphatic heterocycles. The average molecular weight is 633 g/mol. The highest BCUT2D eigenvalue weighted by Crippen LogP contribution is 2.30. The molecule has 3 heterocycles. The summed E-state index contributed by atoms with van der Waals surface area (Å²) in [6.07, 6.45) is 2.38. The molecule has 2 saturated heterocycles. The first kappa shape index (κ1) is 33.0. The van der Waals surface area contributed by atoms with E-state index in [0.29, 0.717) is 44.3 Å². The fourth-order valence-electron chi connectivity index (χ4n) is 5.04. The number of aromatic nitrogens is 2. The zero-order valence-electron chi connectivity index (χ0n) is 26.0. The highest BCUT2D eigenvalue weighted by molar-refractivity contribution is 7.71. The lowest BCUT2D eigenvalue weighted by atomic mass is 10.1. The van der Waals surface area contributed by atoms with Crippen LogP contribution in [-0.4, -0.2) is 93.3 Å². The second-order valence-electron chi connectivity index (χ2n) is 12.8. The number of ether oxygens (including phenoxy) is 4. The number of hydrogen-bond acceptors (Lipinski definition) is 11. The number of H-pyrrole nitrogens is 1. The summed E-state index contributed by atoms with van der Waals surface area (Å²) in [6, 6.07) is 3.40. The molecule has 2 atom stereocenters. The number of hydrogen-bond donors (Lipinski definition) is 1. The smallest absolute Gasteiger partial charge is 0.329 e. The Labute approximate surface area is 261 Å². The second kappa shape index (κ2) is 13.4. The maximum atomic E-state index is 13.1. The first-order chi connectivity index (χ1) is 20.6. The molecule has 0 bridgehead atoms. The predicted octanol–water partition coefficient (Wildman–Crippen LogP) is 3.82. The minimum absolute atomic E-state index is 0.0106. The second-order valence-corrected chi connectivity index (χ2v) is 13.1. The summed E-state index contributed by atoms with van der Waals surface area (Å²) in [6.45, 7) is 10.8. The van der Waals surface area contributed by atoms with Gasteiger partial charge in [0.2, 0.25) is 0 Å². The van der Waals surface area contributed by atoms with Crippen molar-refractivity contribution >= 4 is 36.0 Å². The van der Waals surface area contributed by atoms with Crippen molar-refractivity contribution < 1.29 is 42.6 Å². The van der Waals surface area contributed by atoms with E-state index in [9.17, 15) is 19.2 Å². The van der Waals surface area contributed by atoms with Crippen LogP contribution in [0.5, 0.6) is 11.5 Å². The fourth-order valence-corrected chi connectivity index (χ4v) is 5.18. The van der Waals surface area contributed by atoms with Gasteiger partial charge in [-0.05, 0) is 91.6 Å². The summed E-state index contributed by atoms with van der Waals surface area (Å²) in [7, 11) is 0. The van der Waals surface area contributed by atoms with Gasteiger partial charge in [0.15, 0.2) is 19.0 Å². The molecular weight excluding hydrogens is 592 g/mol. The Kier molecular flexibility index (Phi) is 10.0. The Bertz CT molecular complexity index is 1360. The van der Waals surface area contributed by atoms with Crippen molar-refractivity contribution in [2.45, 2.75) is 90.5 Å². The van der Waals surface area contributed by atoms with Gasteiger partial charge in [0.05, 0.1) is 0 Å². The van der Waals surface area contributed by atoms with E-state index < -0.39 is 35.2 Å². The van der Waals surface area contributed by atoms with Gasteiger partial charge in [-0.15, -0.1) is 0 Å². The third-order valence-electron chi connectivity index (χ3n) is 6.82. The summed E-state index contributed by atoms with van der Waals surface area (Å²) in [5.41, 5.74) is -0.868. The van der Waals surface area contributed by atoms with E-state index in [0.717, 1.165) is 0 Å². The molecular formula is C30H40N4O9S. The van der Waals surface area contributed by atoms with Crippen LogP contribution in [-0.2, 0) is 28.7 Å². The van der Waals surface area contributed by atoms with E-state index in [1.165, 1.54) is 15.9 Å². The number of amides is 2. The Morgan fingerprint density at radius 1 is 0.841 bits per heavy atom. The van der Waals surface area contributed by atoms with Gasteiger partial charge >= 0.3 is 16.8 Å². The highest BCUT2D eigenvalue weighted by atomic mass is 32.1. The summed E-state index contributed by atoms with van der Waals surface area (Å²) in [5.74, 6) is -0.841. The first-order valence-corrected chi connectivity index (χ1v) is 15.0. The Morgan fingerprint density at radius 3 is 1.68 bits per heavy atom. The van der Waals surface area contributed by atoms with Crippen LogP contribution in [0.25, 0.3) is 11.4 Å². The van der Waals surface area contributed by atoms with Crippen LogP contribution in [0.15, 0.2) is 22.7 Å². The third kappa shape index (κ3) is 8.80. The van der Waals surface area contributed by atoms with Crippen molar-refractivity contribution in [2.75, 3.05) is 26.3 Å². The molecule has 13 nitrogen and oxygen atoms in total. The normalized spacial score (nSPS) is 18.7. The van der Waals surface area contributed by atoms with Crippen molar-refractivity contribution in [1.29, 1.82) is 0 Å². The summed E-state index contributed by atoms with van der Waals surface area (Å²) >= 11 is 4.97. The summed E-state index contributed by atoms with van der Waals surface area (Å²) < 4.78 is 27.7. The minimum atomic E-state index is -0.674. The monoisotopic (exact) mass is 632 g/mol. The molecule has 2 fully saturated rings. The van der Waals surface area contributed by atoms with Gasteiger partial charge in [-0.25, -0.2) is 14.7 Å². The van der Waals surface area contributed by atoms with E-state index in [-0.39, 0.29) is 47.2 Å². The third-order valence-corrected chi connectivity index (χ3v) is 6.99. The van der Waals surface area contributed by atoms with E-state index >= 15 is 0 Å². The Morgan fingerprint density at radius 2 is 1.30 bits per heavy atom. The van der Waals surface area contributed by atoms with Crippen LogP contribution in [0.2, 0.25) is 0 Å². The maximum Gasteiger partial charge on any atom is 0.329 e. The summed E-state index contributed by atoms with van der Waals surface area (Å²) in [5, 5.41) is 2.61. The Balaban J connectivity index is 1.45. The number of nitrogens with zero attached hydrogens (tertiary/aromatic N) is 3. The van der Waals surface area contributed by atoms with Crippen LogP contribution >= 0.6 is 12.2 Å². The van der Waals surface area contributed by atoms with Gasteiger partial charge < -0.3 is 33.3 Å². The number of esters is 2. The van der Waals surface area contributed by atoms with Crippen molar-refractivity contribution in [3.05, 3.63) is 23.0 Å². The van der Waals surface area contributed by atoms with E-state index in [2.05, 4.69) is 10.1 Å². The molecule has 240 valence electrons. The summed E-state index contributed by atoms with van der Waals surface area (Å²) in [4.78, 5) is 58.6. The predicted molar refractivity (Wildman–Crippen MR) is 159 cm³/mol. The van der Waals surface area contributed by atoms with Gasteiger partial charge in [0.1, 0.15) is 34.8 Å². The standard InChI is InChI=1S/C30H40N4O9S/c1-29(2,3)41-26(37)21-9-7-11-33(21)23(35)16-39-19-13-18(25-31-28(44)43-32-25)14-20(15-19)40-17-24(36)34-12-8-10-22(34)27(38)42-30(4,5)6/h13-15,21-22H,7-12,16-17H2,1-6H3,(H,31,32,44). The van der Waals surface area contributed by atoms with Gasteiger partial charge in [-0.1, -0.05) is 0 Å². The van der Waals surface area contributed by atoms with E-state index in [4.69, 9.17) is 35.7 Å². The number of carbonyl (C=O) groups excluding carboxylic acids is 4. The molecule has 0 saturated carbocycles. The Hall–Kier alpha value is -3.94. The molecule has 2 unspecified atom stereocenters. The van der Waals surface area contributed by atoms with Crippen LogP contribution in [0.3, 0.4) is 0 Å². The number of likely N-dealkylation sites (tertiary alicyclic amines) is 2. The average Bonchev–Trinajstić information content (AvgIpc) is 3.69. The lowest BCUT2D eigenvalue weighted by Gasteiger charge is -2.27. The molecule has 2 aliphatic rings. The molecule has 1 N–H and O–H groups in total. The zero-order valence-corrected chi connectivity index (χ0v) is 26.8. The number of rotatable bonds is 9. The quantitative estimate of drug-likeness (QED) is 0.317.